The molecule has 1 aliphatic rings. The zero-order valence-corrected chi connectivity index (χ0v) is 7.19. The van der Waals surface area contributed by atoms with Crippen LogP contribution in [0.2, 0.25) is 0 Å². The van der Waals surface area contributed by atoms with E-state index >= 15 is 0 Å². The summed E-state index contributed by atoms with van der Waals surface area (Å²) < 4.78 is 0. The van der Waals surface area contributed by atoms with Crippen molar-refractivity contribution >= 4 is 11.8 Å². The maximum atomic E-state index is 9.24. The van der Waals surface area contributed by atoms with Crippen LogP contribution in [-0.4, -0.2) is 10.9 Å². The maximum absolute atomic E-state index is 9.24. The van der Waals surface area contributed by atoms with Crippen molar-refractivity contribution in [3.8, 4) is 5.75 Å². The first-order chi connectivity index (χ1) is 5.27. The van der Waals surface area contributed by atoms with Gasteiger partial charge in [0.2, 0.25) is 0 Å². The zero-order valence-electron chi connectivity index (χ0n) is 6.37. The predicted molar refractivity (Wildman–Crippen MR) is 48.0 cm³/mol. The SMILES string of the molecule is Cc1cc(C2CS2)ccc1O. The molecule has 1 aromatic rings. The Bertz CT molecular complexity index is 279. The molecule has 0 aromatic heterocycles. The molecular formula is C9H10OS. The molecule has 58 valence electrons. The average Bonchev–Trinajstić information content (AvgIpc) is 2.77. The molecule has 0 aliphatic carbocycles. The van der Waals surface area contributed by atoms with Crippen molar-refractivity contribution in [3.05, 3.63) is 29.3 Å². The summed E-state index contributed by atoms with van der Waals surface area (Å²) in [4.78, 5) is 0. The van der Waals surface area contributed by atoms with Crippen LogP contribution in [0.15, 0.2) is 18.2 Å². The minimum Gasteiger partial charge on any atom is -0.508 e. The molecule has 1 unspecified atom stereocenters. The summed E-state index contributed by atoms with van der Waals surface area (Å²) in [6.45, 7) is 1.94. The lowest BCUT2D eigenvalue weighted by molar-refractivity contribution is 0.471. The first-order valence-corrected chi connectivity index (χ1v) is 4.73. The van der Waals surface area contributed by atoms with Gasteiger partial charge in [0.1, 0.15) is 5.75 Å². The Morgan fingerprint density at radius 2 is 2.27 bits per heavy atom. The number of thioether (sulfide) groups is 1. The molecule has 1 aromatic carbocycles. The molecule has 1 fully saturated rings. The van der Waals surface area contributed by atoms with Crippen molar-refractivity contribution in [3.63, 3.8) is 0 Å². The van der Waals surface area contributed by atoms with Gasteiger partial charge in [-0.15, -0.1) is 0 Å². The average molecular weight is 166 g/mol. The molecule has 0 spiro atoms. The molecule has 2 rings (SSSR count). The van der Waals surface area contributed by atoms with E-state index in [0.29, 0.717) is 11.0 Å². The van der Waals surface area contributed by atoms with Crippen LogP contribution in [0.1, 0.15) is 16.4 Å². The largest absolute Gasteiger partial charge is 0.508 e. The van der Waals surface area contributed by atoms with Gasteiger partial charge in [0.05, 0.1) is 0 Å². The number of phenolic OH excluding ortho intramolecular Hbond substituents is 1. The van der Waals surface area contributed by atoms with Crippen molar-refractivity contribution in [2.45, 2.75) is 12.2 Å². The van der Waals surface area contributed by atoms with Gasteiger partial charge in [-0.1, -0.05) is 12.1 Å². The number of phenols is 1. The van der Waals surface area contributed by atoms with E-state index in [2.05, 4.69) is 6.07 Å². The number of hydrogen-bond donors (Lipinski definition) is 1. The first-order valence-electron chi connectivity index (χ1n) is 3.68. The maximum Gasteiger partial charge on any atom is 0.118 e. The number of benzene rings is 1. The highest BCUT2D eigenvalue weighted by atomic mass is 32.2. The van der Waals surface area contributed by atoms with E-state index < -0.39 is 0 Å². The van der Waals surface area contributed by atoms with E-state index in [-0.39, 0.29) is 0 Å². The van der Waals surface area contributed by atoms with Crippen LogP contribution >= 0.6 is 11.8 Å². The van der Waals surface area contributed by atoms with E-state index in [9.17, 15) is 5.11 Å². The second-order valence-corrected chi connectivity index (χ2v) is 4.10. The van der Waals surface area contributed by atoms with E-state index in [1.165, 1.54) is 11.3 Å². The van der Waals surface area contributed by atoms with Crippen molar-refractivity contribution < 1.29 is 5.11 Å². The lowest BCUT2D eigenvalue weighted by Crippen LogP contribution is -1.81. The third-order valence-corrected chi connectivity index (χ3v) is 2.86. The molecule has 11 heavy (non-hydrogen) atoms. The fourth-order valence-corrected chi connectivity index (χ4v) is 1.75. The van der Waals surface area contributed by atoms with Crippen molar-refractivity contribution in [2.75, 3.05) is 5.75 Å². The monoisotopic (exact) mass is 166 g/mol. The van der Waals surface area contributed by atoms with Gasteiger partial charge in [0.25, 0.3) is 0 Å². The molecule has 0 amide bonds. The standard InChI is InChI=1S/C9H10OS/c1-6-4-7(9-5-11-9)2-3-8(6)10/h2-4,9-10H,5H2,1H3. The molecule has 0 radical (unpaired) electrons. The highest BCUT2D eigenvalue weighted by molar-refractivity contribution is 8.06. The molecule has 1 saturated heterocycles. The summed E-state index contributed by atoms with van der Waals surface area (Å²) in [6, 6.07) is 5.86. The second kappa shape index (κ2) is 2.45. The summed E-state index contributed by atoms with van der Waals surface area (Å²) in [5.41, 5.74) is 2.33. The van der Waals surface area contributed by atoms with Gasteiger partial charge < -0.3 is 5.11 Å². The quantitative estimate of drug-likeness (QED) is 0.647. The van der Waals surface area contributed by atoms with Gasteiger partial charge in [0, 0.05) is 11.0 Å². The molecule has 2 heteroatoms. The minimum absolute atomic E-state index is 0.402. The smallest absolute Gasteiger partial charge is 0.118 e. The third-order valence-electron chi connectivity index (χ3n) is 1.93. The molecule has 1 heterocycles. The van der Waals surface area contributed by atoms with Crippen LogP contribution in [-0.2, 0) is 0 Å². The van der Waals surface area contributed by atoms with Crippen LogP contribution in [0.25, 0.3) is 0 Å². The molecule has 0 saturated carbocycles. The lowest BCUT2D eigenvalue weighted by Gasteiger charge is -2.00. The summed E-state index contributed by atoms with van der Waals surface area (Å²) >= 11 is 1.95. The molecule has 1 atom stereocenters. The molecule has 0 bridgehead atoms. The number of aromatic hydroxyl groups is 1. The summed E-state index contributed by atoms with van der Waals surface area (Å²) in [5, 5.41) is 9.94. The molecule has 1 aliphatic heterocycles. The zero-order chi connectivity index (χ0) is 7.84. The Balaban J connectivity index is 2.36. The first kappa shape index (κ1) is 7.04. The fourth-order valence-electron chi connectivity index (χ4n) is 1.12. The van der Waals surface area contributed by atoms with E-state index in [1.54, 1.807) is 6.07 Å². The van der Waals surface area contributed by atoms with E-state index in [0.717, 1.165) is 5.56 Å². The lowest BCUT2D eigenvalue weighted by atomic mass is 10.1. The Labute approximate surface area is 70.4 Å². The molecular weight excluding hydrogens is 156 g/mol. The van der Waals surface area contributed by atoms with Crippen molar-refractivity contribution in [2.24, 2.45) is 0 Å². The van der Waals surface area contributed by atoms with Gasteiger partial charge in [0.15, 0.2) is 0 Å². The van der Waals surface area contributed by atoms with Crippen LogP contribution in [0.3, 0.4) is 0 Å². The van der Waals surface area contributed by atoms with Crippen molar-refractivity contribution in [1.29, 1.82) is 0 Å². The number of rotatable bonds is 1. The van der Waals surface area contributed by atoms with Gasteiger partial charge in [-0.3, -0.25) is 0 Å². The van der Waals surface area contributed by atoms with Crippen LogP contribution in [0.5, 0.6) is 5.75 Å². The Kier molecular flexibility index (Phi) is 1.57. The Morgan fingerprint density at radius 1 is 1.55 bits per heavy atom. The Hall–Kier alpha value is -0.630. The summed E-state index contributed by atoms with van der Waals surface area (Å²) in [6.07, 6.45) is 0. The summed E-state index contributed by atoms with van der Waals surface area (Å²) in [5.74, 6) is 1.64. The molecule has 1 N–H and O–H groups in total. The normalized spacial score (nSPS) is 21.7. The van der Waals surface area contributed by atoms with Crippen molar-refractivity contribution in [1.82, 2.24) is 0 Å². The number of aryl methyl sites for hydroxylation is 1. The molecule has 1 nitrogen and oxygen atoms in total. The van der Waals surface area contributed by atoms with E-state index in [1.807, 2.05) is 24.8 Å². The van der Waals surface area contributed by atoms with Crippen LogP contribution < -0.4 is 0 Å². The van der Waals surface area contributed by atoms with Gasteiger partial charge in [-0.2, -0.15) is 11.8 Å². The Morgan fingerprint density at radius 3 is 2.82 bits per heavy atom. The predicted octanol–water partition coefficient (Wildman–Crippen LogP) is 2.49. The van der Waals surface area contributed by atoms with Gasteiger partial charge in [-0.25, -0.2) is 0 Å². The fraction of sp³-hybridized carbons (Fsp3) is 0.333. The number of hydrogen-bond acceptors (Lipinski definition) is 2. The second-order valence-electron chi connectivity index (χ2n) is 2.87. The minimum atomic E-state index is 0.402. The van der Waals surface area contributed by atoms with Gasteiger partial charge >= 0.3 is 0 Å². The highest BCUT2D eigenvalue weighted by Gasteiger charge is 2.24. The van der Waals surface area contributed by atoms with E-state index in [4.69, 9.17) is 0 Å². The highest BCUT2D eigenvalue weighted by Crippen LogP contribution is 2.46. The third kappa shape index (κ3) is 1.36. The van der Waals surface area contributed by atoms with Gasteiger partial charge in [-0.05, 0) is 24.1 Å². The topological polar surface area (TPSA) is 20.2 Å². The van der Waals surface area contributed by atoms with Crippen LogP contribution in [0.4, 0.5) is 0 Å². The summed E-state index contributed by atoms with van der Waals surface area (Å²) in [7, 11) is 0. The van der Waals surface area contributed by atoms with Crippen LogP contribution in [0, 0.1) is 6.92 Å².